The first-order valence-electron chi connectivity index (χ1n) is 4.19. The normalized spacial score (nSPS) is 17.1. The van der Waals surface area contributed by atoms with Crippen molar-refractivity contribution in [1.29, 1.82) is 0 Å². The molecule has 0 saturated heterocycles. The summed E-state index contributed by atoms with van der Waals surface area (Å²) in [6, 6.07) is 0. The monoisotopic (exact) mass is 199 g/mol. The van der Waals surface area contributed by atoms with E-state index in [-0.39, 0.29) is 13.0 Å². The third-order valence-corrected chi connectivity index (χ3v) is 2.14. The molecule has 0 aliphatic carbocycles. The van der Waals surface area contributed by atoms with Crippen LogP contribution in [0.25, 0.3) is 0 Å². The van der Waals surface area contributed by atoms with Crippen LogP contribution in [-0.4, -0.2) is 30.5 Å². The molecule has 1 unspecified atom stereocenters. The van der Waals surface area contributed by atoms with Crippen LogP contribution in [0.5, 0.6) is 0 Å². The predicted molar refractivity (Wildman–Crippen MR) is 44.5 cm³/mol. The van der Waals surface area contributed by atoms with Gasteiger partial charge in [-0.25, -0.2) is 0 Å². The average molecular weight is 199 g/mol. The third-order valence-electron chi connectivity index (χ3n) is 2.14. The number of hydrogen-bond donors (Lipinski definition) is 2. The fraction of sp³-hybridized carbons (Fsp3) is 1.00. The average Bonchev–Trinajstić information content (AvgIpc) is 2.02. The summed E-state index contributed by atoms with van der Waals surface area (Å²) in [5.74, 6) is 0. The van der Waals surface area contributed by atoms with Gasteiger partial charge in [-0.3, -0.25) is 0 Å². The molecule has 0 aromatic rings. The summed E-state index contributed by atoms with van der Waals surface area (Å²) >= 11 is 0. The quantitative estimate of drug-likeness (QED) is 0.706. The van der Waals surface area contributed by atoms with E-state index >= 15 is 0 Å². The number of aliphatic hydroxyl groups is 1. The number of alkyl halides is 3. The molecule has 0 aliphatic rings. The van der Waals surface area contributed by atoms with E-state index in [1.54, 1.807) is 14.0 Å². The summed E-state index contributed by atoms with van der Waals surface area (Å²) < 4.78 is 35.3. The zero-order valence-corrected chi connectivity index (χ0v) is 7.91. The Balaban J connectivity index is 3.74. The molecule has 0 heterocycles. The summed E-state index contributed by atoms with van der Waals surface area (Å²) in [6.07, 6.45) is -4.52. The number of likely N-dealkylation sites (N-methyl/N-ethyl adjacent to an activating group) is 1. The Labute approximate surface area is 76.1 Å². The molecular formula is C8H16F3NO. The van der Waals surface area contributed by atoms with Gasteiger partial charge < -0.3 is 10.4 Å². The number of nitrogens with one attached hydrogen (secondary N) is 1. The van der Waals surface area contributed by atoms with E-state index in [1.165, 1.54) is 0 Å². The molecule has 1 atom stereocenters. The van der Waals surface area contributed by atoms with E-state index in [9.17, 15) is 13.2 Å². The van der Waals surface area contributed by atoms with Gasteiger partial charge >= 0.3 is 6.18 Å². The molecule has 2 nitrogen and oxygen atoms in total. The summed E-state index contributed by atoms with van der Waals surface area (Å²) in [5, 5.41) is 11.7. The molecule has 0 aromatic carbocycles. The fourth-order valence-electron chi connectivity index (χ4n) is 0.962. The van der Waals surface area contributed by atoms with E-state index in [0.29, 0.717) is 6.42 Å². The molecule has 0 rings (SSSR count). The molecule has 0 bridgehead atoms. The molecule has 80 valence electrons. The largest absolute Gasteiger partial charge is 0.394 e. The van der Waals surface area contributed by atoms with Crippen LogP contribution < -0.4 is 5.32 Å². The van der Waals surface area contributed by atoms with Crippen LogP contribution in [0, 0.1) is 0 Å². The molecule has 0 radical (unpaired) electrons. The summed E-state index contributed by atoms with van der Waals surface area (Å²) in [6.45, 7) is 1.55. The minimum atomic E-state index is -4.09. The Hall–Kier alpha value is -0.290. The van der Waals surface area contributed by atoms with Gasteiger partial charge in [0.1, 0.15) is 0 Å². The maximum absolute atomic E-state index is 11.8. The highest BCUT2D eigenvalue weighted by Crippen LogP contribution is 2.24. The van der Waals surface area contributed by atoms with Crippen molar-refractivity contribution in [3.63, 3.8) is 0 Å². The highest BCUT2D eigenvalue weighted by Gasteiger charge is 2.28. The third kappa shape index (κ3) is 5.87. The molecule has 0 fully saturated rings. The van der Waals surface area contributed by atoms with Crippen molar-refractivity contribution in [2.24, 2.45) is 0 Å². The van der Waals surface area contributed by atoms with E-state index in [2.05, 4.69) is 5.32 Å². The smallest absolute Gasteiger partial charge is 0.389 e. The van der Waals surface area contributed by atoms with Gasteiger partial charge in [-0.1, -0.05) is 0 Å². The lowest BCUT2D eigenvalue weighted by Gasteiger charge is -2.26. The van der Waals surface area contributed by atoms with Crippen LogP contribution in [0.4, 0.5) is 13.2 Å². The molecule has 0 amide bonds. The van der Waals surface area contributed by atoms with Crippen molar-refractivity contribution in [3.05, 3.63) is 0 Å². The van der Waals surface area contributed by atoms with Crippen LogP contribution in [0.3, 0.4) is 0 Å². The van der Waals surface area contributed by atoms with Crippen molar-refractivity contribution >= 4 is 0 Å². The van der Waals surface area contributed by atoms with Crippen molar-refractivity contribution < 1.29 is 18.3 Å². The lowest BCUT2D eigenvalue weighted by molar-refractivity contribution is -0.136. The van der Waals surface area contributed by atoms with E-state index in [4.69, 9.17) is 5.11 Å². The van der Waals surface area contributed by atoms with Gasteiger partial charge in [0.25, 0.3) is 0 Å². The summed E-state index contributed by atoms with van der Waals surface area (Å²) in [5.41, 5.74) is -0.592. The van der Waals surface area contributed by atoms with Gasteiger partial charge in [0.15, 0.2) is 0 Å². The Kier molecular flexibility index (Phi) is 4.70. The highest BCUT2D eigenvalue weighted by atomic mass is 19.4. The van der Waals surface area contributed by atoms with Gasteiger partial charge in [-0.15, -0.1) is 0 Å². The van der Waals surface area contributed by atoms with Gasteiger partial charge in [0.05, 0.1) is 6.61 Å². The molecule has 0 spiro atoms. The van der Waals surface area contributed by atoms with Gasteiger partial charge in [-0.2, -0.15) is 13.2 Å². The second-order valence-electron chi connectivity index (χ2n) is 3.44. The van der Waals surface area contributed by atoms with E-state index in [0.717, 1.165) is 0 Å². The maximum Gasteiger partial charge on any atom is 0.389 e. The standard InChI is InChI=1S/C8H16F3NO/c1-7(6-13,12-2)4-3-5-8(9,10)11/h12-13H,3-6H2,1-2H3. The number of halogens is 3. The van der Waals surface area contributed by atoms with Crippen molar-refractivity contribution in [1.82, 2.24) is 5.32 Å². The van der Waals surface area contributed by atoms with Crippen molar-refractivity contribution in [3.8, 4) is 0 Å². The minimum Gasteiger partial charge on any atom is -0.394 e. The maximum atomic E-state index is 11.8. The molecule has 0 saturated carbocycles. The van der Waals surface area contributed by atoms with Gasteiger partial charge in [0.2, 0.25) is 0 Å². The highest BCUT2D eigenvalue weighted by molar-refractivity contribution is 4.80. The molecule has 5 heteroatoms. The second kappa shape index (κ2) is 4.81. The Morgan fingerprint density at radius 2 is 1.77 bits per heavy atom. The van der Waals surface area contributed by atoms with Crippen LogP contribution in [0.2, 0.25) is 0 Å². The van der Waals surface area contributed by atoms with Crippen LogP contribution >= 0.6 is 0 Å². The fourth-order valence-corrected chi connectivity index (χ4v) is 0.962. The molecule has 2 N–H and O–H groups in total. The lowest BCUT2D eigenvalue weighted by Crippen LogP contribution is -2.43. The Morgan fingerprint density at radius 3 is 2.08 bits per heavy atom. The SMILES string of the molecule is CNC(C)(CO)CCCC(F)(F)F. The van der Waals surface area contributed by atoms with Gasteiger partial charge in [-0.05, 0) is 26.8 Å². The first-order chi connectivity index (χ1) is 5.83. The second-order valence-corrected chi connectivity index (χ2v) is 3.44. The molecule has 0 aliphatic heterocycles. The Bertz CT molecular complexity index is 143. The first-order valence-corrected chi connectivity index (χ1v) is 4.19. The zero-order chi connectivity index (χ0) is 10.5. The first kappa shape index (κ1) is 12.7. The van der Waals surface area contributed by atoms with Gasteiger partial charge in [0, 0.05) is 12.0 Å². The topological polar surface area (TPSA) is 32.3 Å². The minimum absolute atomic E-state index is 0.0431. The van der Waals surface area contributed by atoms with Crippen LogP contribution in [-0.2, 0) is 0 Å². The van der Waals surface area contributed by atoms with Crippen LogP contribution in [0.15, 0.2) is 0 Å². The van der Waals surface area contributed by atoms with Crippen molar-refractivity contribution in [2.45, 2.75) is 37.9 Å². The molecule has 13 heavy (non-hydrogen) atoms. The lowest BCUT2D eigenvalue weighted by atomic mass is 9.96. The summed E-state index contributed by atoms with van der Waals surface area (Å²) in [4.78, 5) is 0. The van der Waals surface area contributed by atoms with Crippen LogP contribution in [0.1, 0.15) is 26.2 Å². The van der Waals surface area contributed by atoms with E-state index in [1.807, 2.05) is 0 Å². The van der Waals surface area contributed by atoms with Crippen molar-refractivity contribution in [2.75, 3.05) is 13.7 Å². The molecular weight excluding hydrogens is 183 g/mol. The molecule has 0 aromatic heterocycles. The predicted octanol–water partition coefficient (Wildman–Crippen LogP) is 1.69. The Morgan fingerprint density at radius 1 is 1.23 bits per heavy atom. The summed E-state index contributed by atoms with van der Waals surface area (Å²) in [7, 11) is 1.63. The number of hydrogen-bond acceptors (Lipinski definition) is 2. The number of aliphatic hydroxyl groups excluding tert-OH is 1. The van der Waals surface area contributed by atoms with E-state index < -0.39 is 18.1 Å². The number of rotatable bonds is 5. The zero-order valence-electron chi connectivity index (χ0n) is 7.91.